The molecule has 0 saturated heterocycles. The van der Waals surface area contributed by atoms with Gasteiger partial charge in [-0.25, -0.2) is 4.79 Å². The second kappa shape index (κ2) is 7.95. The summed E-state index contributed by atoms with van der Waals surface area (Å²) in [5.41, 5.74) is 1.23. The number of thiophene rings is 2. The molecule has 142 valence electrons. The first-order valence-corrected chi connectivity index (χ1v) is 10.2. The summed E-state index contributed by atoms with van der Waals surface area (Å²) < 4.78 is 16.5. The Morgan fingerprint density at radius 2 is 1.96 bits per heavy atom. The number of carbonyl (C=O) groups is 1. The van der Waals surface area contributed by atoms with E-state index in [9.17, 15) is 4.79 Å². The quantitative estimate of drug-likeness (QED) is 0.314. The molecule has 0 spiro atoms. The van der Waals surface area contributed by atoms with Gasteiger partial charge >= 0.3 is 5.97 Å². The van der Waals surface area contributed by atoms with Crippen molar-refractivity contribution in [2.45, 2.75) is 20.5 Å². The minimum atomic E-state index is -0.439. The summed E-state index contributed by atoms with van der Waals surface area (Å²) in [6, 6.07) is 9.50. The molecule has 0 amide bonds. The van der Waals surface area contributed by atoms with Gasteiger partial charge in [0.05, 0.1) is 11.1 Å². The fourth-order valence-electron chi connectivity index (χ4n) is 2.65. The molecule has 4 aromatic rings. The topological polar surface area (TPSA) is 78.4 Å². The second-order valence-corrected chi connectivity index (χ2v) is 7.88. The Kier molecular flexibility index (Phi) is 5.23. The third kappa shape index (κ3) is 3.97. The number of rotatable bonds is 6. The maximum Gasteiger partial charge on any atom is 0.340 e. The third-order valence-corrected chi connectivity index (χ3v) is 5.62. The number of esters is 1. The molecule has 4 rings (SSSR count). The Bertz CT molecular complexity index is 1110. The molecule has 0 atom stereocenters. The van der Waals surface area contributed by atoms with Crippen LogP contribution in [0.5, 0.6) is 0 Å². The van der Waals surface area contributed by atoms with Gasteiger partial charge in [0.2, 0.25) is 0 Å². The molecule has 0 bridgehead atoms. The van der Waals surface area contributed by atoms with Crippen LogP contribution in [-0.4, -0.2) is 16.2 Å². The van der Waals surface area contributed by atoms with Crippen molar-refractivity contribution in [2.24, 2.45) is 0 Å². The van der Waals surface area contributed by atoms with Crippen LogP contribution < -0.4 is 0 Å². The van der Waals surface area contributed by atoms with E-state index in [-0.39, 0.29) is 12.5 Å². The number of aryl methyl sites for hydroxylation is 2. The molecule has 0 radical (unpaired) electrons. The fraction of sp³-hybridized carbons (Fsp3) is 0.150. The van der Waals surface area contributed by atoms with Gasteiger partial charge in [-0.1, -0.05) is 12.1 Å². The molecule has 0 N–H and O–H groups in total. The molecule has 0 fully saturated rings. The van der Waals surface area contributed by atoms with Crippen LogP contribution in [0.25, 0.3) is 23.1 Å². The molecule has 8 heteroatoms. The minimum absolute atomic E-state index is 0.102. The van der Waals surface area contributed by atoms with Crippen molar-refractivity contribution < 1.29 is 18.4 Å². The van der Waals surface area contributed by atoms with Crippen LogP contribution in [0, 0.1) is 13.8 Å². The van der Waals surface area contributed by atoms with Gasteiger partial charge in [0.15, 0.2) is 6.61 Å². The molecule has 0 aromatic carbocycles. The third-order valence-electron chi connectivity index (χ3n) is 3.90. The smallest absolute Gasteiger partial charge is 0.340 e. The van der Waals surface area contributed by atoms with Gasteiger partial charge in [-0.15, -0.1) is 32.9 Å². The molecule has 0 aliphatic carbocycles. The molecular weight excluding hydrogens is 396 g/mol. The van der Waals surface area contributed by atoms with Gasteiger partial charge in [0.1, 0.15) is 11.5 Å². The summed E-state index contributed by atoms with van der Waals surface area (Å²) in [7, 11) is 0. The maximum absolute atomic E-state index is 12.7. The average Bonchev–Trinajstić information content (AvgIpc) is 3.45. The van der Waals surface area contributed by atoms with E-state index in [1.54, 1.807) is 11.3 Å². The van der Waals surface area contributed by atoms with Gasteiger partial charge in [0, 0.05) is 9.75 Å². The summed E-state index contributed by atoms with van der Waals surface area (Å²) in [6.07, 6.45) is 1.83. The van der Waals surface area contributed by atoms with Crippen LogP contribution in [-0.2, 0) is 16.1 Å². The number of nitrogens with zero attached hydrogens (tertiary/aromatic N) is 2. The molecule has 0 aliphatic heterocycles. The molecule has 28 heavy (non-hydrogen) atoms. The zero-order chi connectivity index (χ0) is 19.5. The molecule has 4 heterocycles. The second-order valence-electron chi connectivity index (χ2n) is 5.95. The first-order valence-electron chi connectivity index (χ1n) is 8.46. The van der Waals surface area contributed by atoms with E-state index in [1.165, 1.54) is 11.3 Å². The lowest BCUT2D eigenvalue weighted by atomic mass is 10.2. The fourth-order valence-corrected chi connectivity index (χ4v) is 4.03. The predicted octanol–water partition coefficient (Wildman–Crippen LogP) is 5.35. The van der Waals surface area contributed by atoms with E-state index in [1.807, 2.05) is 61.0 Å². The summed E-state index contributed by atoms with van der Waals surface area (Å²) >= 11 is 3.04. The molecule has 0 aliphatic rings. The molecule has 6 nitrogen and oxygen atoms in total. The predicted molar refractivity (Wildman–Crippen MR) is 108 cm³/mol. The number of aromatic nitrogens is 2. The Hall–Kier alpha value is -2.97. The van der Waals surface area contributed by atoms with Crippen LogP contribution in [0.3, 0.4) is 0 Å². The van der Waals surface area contributed by atoms with E-state index in [0.29, 0.717) is 17.2 Å². The van der Waals surface area contributed by atoms with Crippen molar-refractivity contribution in [3.8, 4) is 11.5 Å². The first kappa shape index (κ1) is 18.4. The van der Waals surface area contributed by atoms with Crippen LogP contribution in [0.4, 0.5) is 0 Å². The number of hydrogen-bond donors (Lipinski definition) is 0. The Morgan fingerprint density at radius 1 is 1.14 bits per heavy atom. The molecule has 0 unspecified atom stereocenters. The monoisotopic (exact) mass is 412 g/mol. The van der Waals surface area contributed by atoms with Crippen molar-refractivity contribution in [1.29, 1.82) is 0 Å². The minimum Gasteiger partial charge on any atom is -0.466 e. The highest BCUT2D eigenvalue weighted by atomic mass is 32.1. The highest BCUT2D eigenvalue weighted by Gasteiger charge is 2.18. The number of hydrogen-bond acceptors (Lipinski definition) is 8. The summed E-state index contributed by atoms with van der Waals surface area (Å²) in [5, 5.41) is 11.9. The summed E-state index contributed by atoms with van der Waals surface area (Å²) in [4.78, 5) is 14.5. The number of furan rings is 1. The summed E-state index contributed by atoms with van der Waals surface area (Å²) in [5.74, 6) is 1.59. The molecule has 4 aromatic heterocycles. The lowest BCUT2D eigenvalue weighted by Gasteiger charge is -2.05. The van der Waals surface area contributed by atoms with Gasteiger partial charge < -0.3 is 13.6 Å². The largest absolute Gasteiger partial charge is 0.466 e. The van der Waals surface area contributed by atoms with Crippen molar-refractivity contribution in [3.05, 3.63) is 68.3 Å². The SMILES string of the molecule is Cc1cc(-c2nnc(COC(=O)/C(=C/c3cccs3)c3cccs3)o2)c(C)o1. The van der Waals surface area contributed by atoms with E-state index in [2.05, 4.69) is 10.2 Å². The highest BCUT2D eigenvalue weighted by molar-refractivity contribution is 7.12. The van der Waals surface area contributed by atoms with Crippen LogP contribution in [0.1, 0.15) is 27.2 Å². The van der Waals surface area contributed by atoms with Gasteiger partial charge in [-0.05, 0) is 48.9 Å². The van der Waals surface area contributed by atoms with Crippen LogP contribution >= 0.6 is 22.7 Å². The normalized spacial score (nSPS) is 11.7. The molecular formula is C20H16N2O4S2. The Morgan fingerprint density at radius 3 is 2.64 bits per heavy atom. The van der Waals surface area contributed by atoms with Gasteiger partial charge in [-0.2, -0.15) is 0 Å². The molecule has 0 saturated carbocycles. The van der Waals surface area contributed by atoms with Gasteiger partial charge in [0.25, 0.3) is 11.8 Å². The van der Waals surface area contributed by atoms with Crippen LogP contribution in [0.2, 0.25) is 0 Å². The van der Waals surface area contributed by atoms with Crippen molar-refractivity contribution in [2.75, 3.05) is 0 Å². The lowest BCUT2D eigenvalue weighted by molar-refractivity contribution is -0.138. The van der Waals surface area contributed by atoms with Crippen molar-refractivity contribution in [1.82, 2.24) is 10.2 Å². The van der Waals surface area contributed by atoms with E-state index in [4.69, 9.17) is 13.6 Å². The van der Waals surface area contributed by atoms with E-state index < -0.39 is 5.97 Å². The Balaban J connectivity index is 1.49. The van der Waals surface area contributed by atoms with E-state index >= 15 is 0 Å². The zero-order valence-electron chi connectivity index (χ0n) is 15.2. The van der Waals surface area contributed by atoms with Crippen molar-refractivity contribution >= 4 is 40.3 Å². The lowest BCUT2D eigenvalue weighted by Crippen LogP contribution is -2.06. The Labute approximate surface area is 169 Å². The number of carbonyl (C=O) groups excluding carboxylic acids is 1. The standard InChI is InChI=1S/C20H16N2O4S2/c1-12-9-15(13(2)25-12)19-22-21-18(26-19)11-24-20(23)16(17-6-4-8-28-17)10-14-5-3-7-27-14/h3-10H,11H2,1-2H3/b16-10+. The number of ether oxygens (including phenoxy) is 1. The average molecular weight is 412 g/mol. The zero-order valence-corrected chi connectivity index (χ0v) is 16.8. The van der Waals surface area contributed by atoms with E-state index in [0.717, 1.165) is 21.1 Å². The van der Waals surface area contributed by atoms with Crippen LogP contribution in [0.15, 0.2) is 49.9 Å². The van der Waals surface area contributed by atoms with Gasteiger partial charge in [-0.3, -0.25) is 0 Å². The van der Waals surface area contributed by atoms with Crippen molar-refractivity contribution in [3.63, 3.8) is 0 Å². The summed E-state index contributed by atoms with van der Waals surface area (Å²) in [6.45, 7) is 3.57. The maximum atomic E-state index is 12.7. The first-order chi connectivity index (χ1) is 13.6. The highest BCUT2D eigenvalue weighted by Crippen LogP contribution is 2.27.